The molecular formula is C13H13F3N4O2. The Hall–Kier alpha value is -2.42. The van der Waals surface area contributed by atoms with Crippen molar-refractivity contribution in [2.24, 2.45) is 0 Å². The van der Waals surface area contributed by atoms with Gasteiger partial charge in [-0.25, -0.2) is 0 Å². The van der Waals surface area contributed by atoms with Gasteiger partial charge in [-0.05, 0) is 24.7 Å². The maximum absolute atomic E-state index is 12.5. The highest BCUT2D eigenvalue weighted by Crippen LogP contribution is 2.29. The van der Waals surface area contributed by atoms with Crippen molar-refractivity contribution in [3.05, 3.63) is 57.9 Å². The first kappa shape index (κ1) is 16.0. The summed E-state index contributed by atoms with van der Waals surface area (Å²) in [5.41, 5.74) is -0.0957. The molecule has 9 heteroatoms. The van der Waals surface area contributed by atoms with Gasteiger partial charge in [-0.15, -0.1) is 0 Å². The molecule has 0 radical (unpaired) electrons. The lowest BCUT2D eigenvalue weighted by Crippen LogP contribution is -2.21. The summed E-state index contributed by atoms with van der Waals surface area (Å²) in [4.78, 5) is 11.8. The molecule has 0 atom stereocenters. The number of halogens is 3. The van der Waals surface area contributed by atoms with E-state index in [4.69, 9.17) is 0 Å². The van der Waals surface area contributed by atoms with Gasteiger partial charge in [0.15, 0.2) is 0 Å². The van der Waals surface area contributed by atoms with E-state index in [0.717, 1.165) is 18.3 Å². The molecule has 1 heterocycles. The van der Waals surface area contributed by atoms with Gasteiger partial charge in [0, 0.05) is 6.54 Å². The van der Waals surface area contributed by atoms with Crippen molar-refractivity contribution in [2.75, 3.05) is 7.05 Å². The van der Waals surface area contributed by atoms with E-state index in [-0.39, 0.29) is 12.4 Å². The zero-order valence-corrected chi connectivity index (χ0v) is 11.6. The topological polar surface area (TPSA) is 64.2 Å². The van der Waals surface area contributed by atoms with Crippen molar-refractivity contribution in [1.29, 1.82) is 0 Å². The fourth-order valence-corrected chi connectivity index (χ4v) is 1.93. The Balaban J connectivity index is 1.96. The lowest BCUT2D eigenvalue weighted by Gasteiger charge is -2.17. The average molecular weight is 314 g/mol. The Morgan fingerprint density at radius 2 is 1.95 bits per heavy atom. The van der Waals surface area contributed by atoms with Gasteiger partial charge in [0.05, 0.1) is 17.2 Å². The summed E-state index contributed by atoms with van der Waals surface area (Å²) in [6.45, 7) is 0.681. The van der Waals surface area contributed by atoms with Crippen LogP contribution in [0, 0.1) is 10.1 Å². The van der Waals surface area contributed by atoms with Gasteiger partial charge in [0.1, 0.15) is 12.4 Å². The summed E-state index contributed by atoms with van der Waals surface area (Å²) < 4.78 is 38.8. The number of nitrogens with zero attached hydrogens (tertiary/aromatic N) is 4. The SMILES string of the molecule is CN(Cc1ccc(C(F)(F)F)cc1)Cn1cc([N+](=O)[O-])cn1. The molecule has 1 aromatic carbocycles. The van der Waals surface area contributed by atoms with Gasteiger partial charge in [-0.1, -0.05) is 12.1 Å². The number of nitro groups is 1. The zero-order valence-electron chi connectivity index (χ0n) is 11.6. The summed E-state index contributed by atoms with van der Waals surface area (Å²) in [6.07, 6.45) is -1.91. The molecule has 1 aromatic heterocycles. The molecule has 0 aliphatic heterocycles. The second-order valence-corrected chi connectivity index (χ2v) is 4.85. The molecule has 6 nitrogen and oxygen atoms in total. The van der Waals surface area contributed by atoms with Crippen LogP contribution in [-0.2, 0) is 19.4 Å². The fraction of sp³-hybridized carbons (Fsp3) is 0.308. The molecule has 0 amide bonds. The van der Waals surface area contributed by atoms with E-state index < -0.39 is 16.7 Å². The monoisotopic (exact) mass is 314 g/mol. The van der Waals surface area contributed by atoms with E-state index in [1.807, 2.05) is 0 Å². The molecule has 0 aliphatic rings. The van der Waals surface area contributed by atoms with Crippen LogP contribution in [-0.4, -0.2) is 26.7 Å². The quantitative estimate of drug-likeness (QED) is 0.629. The lowest BCUT2D eigenvalue weighted by molar-refractivity contribution is -0.385. The molecule has 0 spiro atoms. The Morgan fingerprint density at radius 1 is 1.32 bits per heavy atom. The molecule has 118 valence electrons. The minimum atomic E-state index is -4.35. The number of aromatic nitrogens is 2. The van der Waals surface area contributed by atoms with Crippen molar-refractivity contribution in [2.45, 2.75) is 19.4 Å². The minimum Gasteiger partial charge on any atom is -0.283 e. The molecule has 0 saturated heterocycles. The Bertz CT molecular complexity index is 652. The van der Waals surface area contributed by atoms with Crippen molar-refractivity contribution < 1.29 is 18.1 Å². The van der Waals surface area contributed by atoms with Gasteiger partial charge in [0.2, 0.25) is 0 Å². The highest BCUT2D eigenvalue weighted by Gasteiger charge is 2.29. The maximum atomic E-state index is 12.5. The smallest absolute Gasteiger partial charge is 0.283 e. The fourth-order valence-electron chi connectivity index (χ4n) is 1.93. The highest BCUT2D eigenvalue weighted by molar-refractivity contribution is 5.24. The summed E-state index contributed by atoms with van der Waals surface area (Å²) >= 11 is 0. The molecule has 22 heavy (non-hydrogen) atoms. The van der Waals surface area contributed by atoms with Crippen LogP contribution in [0.1, 0.15) is 11.1 Å². The van der Waals surface area contributed by atoms with E-state index in [1.54, 1.807) is 11.9 Å². The Kier molecular flexibility index (Phi) is 4.45. The van der Waals surface area contributed by atoms with Crippen LogP contribution in [0.5, 0.6) is 0 Å². The molecule has 0 fully saturated rings. The lowest BCUT2D eigenvalue weighted by atomic mass is 10.1. The number of hydrogen-bond acceptors (Lipinski definition) is 4. The van der Waals surface area contributed by atoms with Gasteiger partial charge in [0.25, 0.3) is 0 Å². The normalized spacial score (nSPS) is 11.9. The second-order valence-electron chi connectivity index (χ2n) is 4.85. The summed E-state index contributed by atoms with van der Waals surface area (Å²) in [5, 5.41) is 14.4. The second kappa shape index (κ2) is 6.14. The van der Waals surface area contributed by atoms with E-state index in [1.165, 1.54) is 23.0 Å². The molecule has 0 bridgehead atoms. The Labute approximate surface area is 123 Å². The predicted octanol–water partition coefficient (Wildman–Crippen LogP) is 2.90. The number of rotatable bonds is 5. The van der Waals surface area contributed by atoms with Crippen molar-refractivity contribution in [3.8, 4) is 0 Å². The minimum absolute atomic E-state index is 0.108. The van der Waals surface area contributed by atoms with Gasteiger partial charge in [-0.3, -0.25) is 19.7 Å². The number of hydrogen-bond donors (Lipinski definition) is 0. The maximum Gasteiger partial charge on any atom is 0.416 e. The van der Waals surface area contributed by atoms with E-state index >= 15 is 0 Å². The van der Waals surface area contributed by atoms with Gasteiger partial charge < -0.3 is 0 Å². The van der Waals surface area contributed by atoms with Gasteiger partial charge >= 0.3 is 11.9 Å². The van der Waals surface area contributed by atoms with E-state index in [0.29, 0.717) is 12.1 Å². The van der Waals surface area contributed by atoms with Crippen LogP contribution >= 0.6 is 0 Å². The van der Waals surface area contributed by atoms with E-state index in [2.05, 4.69) is 5.10 Å². The first-order chi connectivity index (χ1) is 10.3. The Morgan fingerprint density at radius 3 is 2.45 bits per heavy atom. The van der Waals surface area contributed by atoms with E-state index in [9.17, 15) is 23.3 Å². The first-order valence-corrected chi connectivity index (χ1v) is 6.27. The molecule has 0 aliphatic carbocycles. The predicted molar refractivity (Wildman–Crippen MR) is 71.8 cm³/mol. The van der Waals surface area contributed by atoms with Crippen molar-refractivity contribution >= 4 is 5.69 Å². The van der Waals surface area contributed by atoms with Crippen LogP contribution in [0.25, 0.3) is 0 Å². The summed E-state index contributed by atoms with van der Waals surface area (Å²) in [6, 6.07) is 4.87. The van der Waals surface area contributed by atoms with Crippen molar-refractivity contribution in [1.82, 2.24) is 14.7 Å². The average Bonchev–Trinajstić information content (AvgIpc) is 2.86. The number of benzene rings is 1. The first-order valence-electron chi connectivity index (χ1n) is 6.27. The van der Waals surface area contributed by atoms with Gasteiger partial charge in [-0.2, -0.15) is 18.3 Å². The van der Waals surface area contributed by atoms with Crippen LogP contribution < -0.4 is 0 Å². The molecule has 2 aromatic rings. The van der Waals surface area contributed by atoms with Crippen LogP contribution in [0.3, 0.4) is 0 Å². The molecule has 2 rings (SSSR count). The number of alkyl halides is 3. The third-order valence-electron chi connectivity index (χ3n) is 2.95. The largest absolute Gasteiger partial charge is 0.416 e. The van der Waals surface area contributed by atoms with Crippen LogP contribution in [0.4, 0.5) is 18.9 Å². The standard InChI is InChI=1S/C13H13F3N4O2/c1-18(9-19-8-12(6-17-19)20(21)22)7-10-2-4-11(5-3-10)13(14,15)16/h2-6,8H,7,9H2,1H3. The molecule has 0 saturated carbocycles. The van der Waals surface area contributed by atoms with Crippen molar-refractivity contribution in [3.63, 3.8) is 0 Å². The molecular weight excluding hydrogens is 301 g/mol. The molecule has 0 unspecified atom stereocenters. The highest BCUT2D eigenvalue weighted by atomic mass is 19.4. The zero-order chi connectivity index (χ0) is 16.3. The third kappa shape index (κ3) is 4.04. The van der Waals surface area contributed by atoms with Crippen LogP contribution in [0.15, 0.2) is 36.7 Å². The summed E-state index contributed by atoms with van der Waals surface area (Å²) in [5.74, 6) is 0. The third-order valence-corrected chi connectivity index (χ3v) is 2.95. The summed E-state index contributed by atoms with van der Waals surface area (Å²) in [7, 11) is 1.74. The molecule has 0 N–H and O–H groups in total. The van der Waals surface area contributed by atoms with Crippen LogP contribution in [0.2, 0.25) is 0 Å².